The fourth-order valence-electron chi connectivity index (χ4n) is 3.94. The third kappa shape index (κ3) is 4.50. The average molecular weight is 486 g/mol. The lowest BCUT2D eigenvalue weighted by molar-refractivity contribution is -0.121. The molecule has 0 radical (unpaired) electrons. The Hall–Kier alpha value is -4.11. The molecule has 1 atom stereocenters. The van der Waals surface area contributed by atoms with Crippen LogP contribution in [-0.2, 0) is 9.59 Å². The molecular formula is C26H23N5O3S. The van der Waals surface area contributed by atoms with Crippen LogP contribution in [0, 0.1) is 0 Å². The summed E-state index contributed by atoms with van der Waals surface area (Å²) in [6.07, 6.45) is 0. The lowest BCUT2D eigenvalue weighted by atomic mass is 10.2. The van der Waals surface area contributed by atoms with E-state index in [1.54, 1.807) is 13.2 Å². The highest BCUT2D eigenvalue weighted by Gasteiger charge is 2.31. The number of methoxy groups -OCH3 is 1. The van der Waals surface area contributed by atoms with Gasteiger partial charge in [-0.1, -0.05) is 42.1 Å². The lowest BCUT2D eigenvalue weighted by Gasteiger charge is -2.30. The zero-order chi connectivity index (χ0) is 24.4. The van der Waals surface area contributed by atoms with E-state index in [0.29, 0.717) is 22.4 Å². The molecule has 4 aromatic rings. The van der Waals surface area contributed by atoms with Crippen LogP contribution in [0.25, 0.3) is 17.1 Å². The normalized spacial score (nSPS) is 13.7. The van der Waals surface area contributed by atoms with E-state index in [-0.39, 0.29) is 18.4 Å². The highest BCUT2D eigenvalue weighted by Crippen LogP contribution is 2.34. The molecule has 1 aliphatic heterocycles. The number of aromatic nitrogens is 3. The van der Waals surface area contributed by atoms with Gasteiger partial charge in [-0.15, -0.1) is 10.2 Å². The van der Waals surface area contributed by atoms with Crippen molar-refractivity contribution < 1.29 is 14.3 Å². The first kappa shape index (κ1) is 22.7. The Labute approximate surface area is 206 Å². The van der Waals surface area contributed by atoms with Crippen molar-refractivity contribution in [2.75, 3.05) is 23.9 Å². The third-order valence-electron chi connectivity index (χ3n) is 5.66. The molecule has 5 rings (SSSR count). The molecular weight excluding hydrogens is 462 g/mol. The molecule has 1 N–H and O–H groups in total. The number of fused-ring (bicyclic) bond motifs is 1. The quantitative estimate of drug-likeness (QED) is 0.407. The summed E-state index contributed by atoms with van der Waals surface area (Å²) in [4.78, 5) is 27.2. The highest BCUT2D eigenvalue weighted by molar-refractivity contribution is 8.00. The molecule has 9 heteroatoms. The number of amides is 2. The van der Waals surface area contributed by atoms with Crippen molar-refractivity contribution in [3.8, 4) is 22.8 Å². The predicted octanol–water partition coefficient (Wildman–Crippen LogP) is 4.41. The van der Waals surface area contributed by atoms with Gasteiger partial charge in [0, 0.05) is 11.3 Å². The van der Waals surface area contributed by atoms with Gasteiger partial charge >= 0.3 is 0 Å². The topological polar surface area (TPSA) is 89.4 Å². The van der Waals surface area contributed by atoms with E-state index >= 15 is 0 Å². The van der Waals surface area contributed by atoms with Gasteiger partial charge in [-0.2, -0.15) is 0 Å². The first-order valence-corrected chi connectivity index (χ1v) is 12.0. The second kappa shape index (κ2) is 9.63. The van der Waals surface area contributed by atoms with Crippen molar-refractivity contribution in [2.45, 2.75) is 17.3 Å². The van der Waals surface area contributed by atoms with Crippen LogP contribution in [0.2, 0.25) is 0 Å². The summed E-state index contributed by atoms with van der Waals surface area (Å²) in [5, 5.41) is 11.8. The first-order valence-electron chi connectivity index (χ1n) is 11.1. The van der Waals surface area contributed by atoms with Crippen molar-refractivity contribution in [1.29, 1.82) is 0 Å². The smallest absolute Gasteiger partial charge is 0.244 e. The van der Waals surface area contributed by atoms with E-state index < -0.39 is 5.25 Å². The lowest BCUT2D eigenvalue weighted by Crippen LogP contribution is -2.45. The minimum atomic E-state index is -0.510. The summed E-state index contributed by atoms with van der Waals surface area (Å²) in [5.41, 5.74) is 3.07. The summed E-state index contributed by atoms with van der Waals surface area (Å²) < 4.78 is 7.21. The molecule has 0 saturated heterocycles. The SMILES string of the molecule is COc1ccc(-c2nnc(SC(C)C(=O)N3CC(=O)Nc4ccccc43)n2-c2ccccc2)cc1. The van der Waals surface area contributed by atoms with Gasteiger partial charge in [-0.25, -0.2) is 0 Å². The number of anilines is 2. The summed E-state index contributed by atoms with van der Waals surface area (Å²) >= 11 is 1.31. The molecule has 35 heavy (non-hydrogen) atoms. The molecule has 2 amide bonds. The monoisotopic (exact) mass is 485 g/mol. The number of hydrogen-bond acceptors (Lipinski definition) is 6. The number of nitrogens with zero attached hydrogens (tertiary/aromatic N) is 4. The van der Waals surface area contributed by atoms with Gasteiger partial charge in [-0.3, -0.25) is 19.1 Å². The predicted molar refractivity (Wildman–Crippen MR) is 136 cm³/mol. The minimum absolute atomic E-state index is 0.0246. The average Bonchev–Trinajstić information content (AvgIpc) is 3.31. The van der Waals surface area contributed by atoms with Crippen molar-refractivity contribution in [2.24, 2.45) is 0 Å². The standard InChI is InChI=1S/C26H23N5O3S/c1-17(25(33)30-16-23(32)27-21-10-6-7-11-22(21)30)35-26-29-28-24(18-12-14-20(34-2)15-13-18)31(26)19-8-4-3-5-9-19/h3-15,17H,16H2,1-2H3,(H,27,32). The molecule has 0 bridgehead atoms. The van der Waals surface area contributed by atoms with Gasteiger partial charge in [0.2, 0.25) is 11.8 Å². The van der Waals surface area contributed by atoms with Crippen LogP contribution in [0.15, 0.2) is 84.0 Å². The van der Waals surface area contributed by atoms with Crippen molar-refractivity contribution in [1.82, 2.24) is 14.8 Å². The highest BCUT2D eigenvalue weighted by atomic mass is 32.2. The third-order valence-corrected chi connectivity index (χ3v) is 6.69. The van der Waals surface area contributed by atoms with Crippen LogP contribution in [-0.4, -0.2) is 45.5 Å². The number of carbonyl (C=O) groups is 2. The number of nitrogens with one attached hydrogen (secondary N) is 1. The van der Waals surface area contributed by atoms with Crippen LogP contribution in [0.5, 0.6) is 5.75 Å². The van der Waals surface area contributed by atoms with Gasteiger partial charge in [0.15, 0.2) is 11.0 Å². The van der Waals surface area contributed by atoms with Crippen LogP contribution >= 0.6 is 11.8 Å². The van der Waals surface area contributed by atoms with E-state index in [9.17, 15) is 9.59 Å². The van der Waals surface area contributed by atoms with Crippen molar-refractivity contribution >= 4 is 35.0 Å². The number of para-hydroxylation sites is 3. The van der Waals surface area contributed by atoms with Crippen molar-refractivity contribution in [3.63, 3.8) is 0 Å². The van der Waals surface area contributed by atoms with Gasteiger partial charge in [0.05, 0.1) is 23.7 Å². The summed E-state index contributed by atoms with van der Waals surface area (Å²) in [5.74, 6) is 1.01. The maximum Gasteiger partial charge on any atom is 0.244 e. The number of hydrogen-bond donors (Lipinski definition) is 1. The molecule has 0 aliphatic carbocycles. The summed E-state index contributed by atoms with van der Waals surface area (Å²) in [6, 6.07) is 24.7. The molecule has 0 saturated carbocycles. The Morgan fingerprint density at radius 2 is 1.71 bits per heavy atom. The second-order valence-corrected chi connectivity index (χ2v) is 9.26. The van der Waals surface area contributed by atoms with E-state index in [0.717, 1.165) is 17.0 Å². The molecule has 0 spiro atoms. The molecule has 1 unspecified atom stereocenters. The van der Waals surface area contributed by atoms with Crippen LogP contribution in [0.4, 0.5) is 11.4 Å². The Balaban J connectivity index is 1.48. The van der Waals surface area contributed by atoms with Gasteiger partial charge < -0.3 is 10.1 Å². The fraction of sp³-hybridized carbons (Fsp3) is 0.154. The van der Waals surface area contributed by atoms with Crippen molar-refractivity contribution in [3.05, 3.63) is 78.9 Å². The molecule has 3 aromatic carbocycles. The number of carbonyl (C=O) groups excluding carboxylic acids is 2. The van der Waals surface area contributed by atoms with Crippen LogP contribution < -0.4 is 15.0 Å². The zero-order valence-corrected chi connectivity index (χ0v) is 20.0. The Morgan fingerprint density at radius 3 is 2.46 bits per heavy atom. The minimum Gasteiger partial charge on any atom is -0.497 e. The van der Waals surface area contributed by atoms with Gasteiger partial charge in [-0.05, 0) is 55.5 Å². The molecule has 8 nitrogen and oxygen atoms in total. The van der Waals surface area contributed by atoms with E-state index in [4.69, 9.17) is 4.74 Å². The van der Waals surface area contributed by atoms with Gasteiger partial charge in [0.1, 0.15) is 12.3 Å². The maximum atomic E-state index is 13.5. The molecule has 1 aliphatic rings. The number of ether oxygens (including phenoxy) is 1. The zero-order valence-electron chi connectivity index (χ0n) is 19.2. The Bertz CT molecular complexity index is 1370. The number of benzene rings is 3. The summed E-state index contributed by atoms with van der Waals surface area (Å²) in [6.45, 7) is 1.79. The second-order valence-electron chi connectivity index (χ2n) is 7.96. The maximum absolute atomic E-state index is 13.5. The molecule has 1 aromatic heterocycles. The van der Waals surface area contributed by atoms with E-state index in [1.807, 2.05) is 84.3 Å². The largest absolute Gasteiger partial charge is 0.497 e. The molecule has 0 fully saturated rings. The number of rotatable bonds is 6. The number of thioether (sulfide) groups is 1. The summed E-state index contributed by atoms with van der Waals surface area (Å²) in [7, 11) is 1.62. The van der Waals surface area contributed by atoms with Crippen LogP contribution in [0.1, 0.15) is 6.92 Å². The van der Waals surface area contributed by atoms with Crippen LogP contribution in [0.3, 0.4) is 0 Å². The Morgan fingerprint density at radius 1 is 1.00 bits per heavy atom. The Kier molecular flexibility index (Phi) is 6.24. The van der Waals surface area contributed by atoms with E-state index in [1.165, 1.54) is 16.7 Å². The fourth-order valence-corrected chi connectivity index (χ4v) is 4.87. The molecule has 176 valence electrons. The molecule has 2 heterocycles. The van der Waals surface area contributed by atoms with E-state index in [2.05, 4.69) is 15.5 Å². The van der Waals surface area contributed by atoms with Gasteiger partial charge in [0.25, 0.3) is 0 Å². The first-order chi connectivity index (χ1) is 17.0.